The van der Waals surface area contributed by atoms with Gasteiger partial charge in [-0.1, -0.05) is 0 Å². The van der Waals surface area contributed by atoms with Gasteiger partial charge in [-0.15, -0.1) is 0 Å². The van der Waals surface area contributed by atoms with Crippen LogP contribution in [0.25, 0.3) is 0 Å². The first-order valence-electron chi connectivity index (χ1n) is 8.83. The van der Waals surface area contributed by atoms with Gasteiger partial charge in [-0.3, -0.25) is 14.4 Å². The van der Waals surface area contributed by atoms with Gasteiger partial charge < -0.3 is 15.1 Å². The van der Waals surface area contributed by atoms with E-state index in [0.717, 1.165) is 19.4 Å². The molecular formula is C17H31N3O3. The van der Waals surface area contributed by atoms with Crippen LogP contribution < -0.4 is 5.32 Å². The van der Waals surface area contributed by atoms with Crippen LogP contribution in [-0.2, 0) is 14.4 Å². The van der Waals surface area contributed by atoms with Crippen molar-refractivity contribution in [3.8, 4) is 0 Å². The van der Waals surface area contributed by atoms with E-state index >= 15 is 0 Å². The van der Waals surface area contributed by atoms with Gasteiger partial charge in [-0.2, -0.15) is 0 Å². The molecule has 0 aromatic rings. The first-order valence-corrected chi connectivity index (χ1v) is 8.83. The summed E-state index contributed by atoms with van der Waals surface area (Å²) in [6.07, 6.45) is 3.96. The number of hydrogen-bond donors (Lipinski definition) is 1. The zero-order valence-corrected chi connectivity index (χ0v) is 14.8. The molecule has 1 aliphatic rings. The Morgan fingerprint density at radius 3 is 2.52 bits per heavy atom. The van der Waals surface area contributed by atoms with Crippen LogP contribution >= 0.6 is 0 Å². The number of carbonyl (C=O) groups is 3. The highest BCUT2D eigenvalue weighted by Crippen LogP contribution is 2.13. The second-order valence-electron chi connectivity index (χ2n) is 6.12. The second kappa shape index (κ2) is 10.2. The molecule has 6 heteroatoms. The van der Waals surface area contributed by atoms with E-state index in [4.69, 9.17) is 0 Å². The number of amides is 3. The molecule has 0 aromatic carbocycles. The summed E-state index contributed by atoms with van der Waals surface area (Å²) in [6.45, 7) is 8.57. The number of nitrogens with one attached hydrogen (secondary N) is 1. The van der Waals surface area contributed by atoms with Gasteiger partial charge >= 0.3 is 0 Å². The molecule has 3 amide bonds. The molecule has 1 saturated heterocycles. The van der Waals surface area contributed by atoms with Gasteiger partial charge in [0.25, 0.3) is 0 Å². The van der Waals surface area contributed by atoms with E-state index in [1.165, 1.54) is 0 Å². The van der Waals surface area contributed by atoms with Crippen LogP contribution in [0.2, 0.25) is 0 Å². The molecule has 0 aromatic heterocycles. The summed E-state index contributed by atoms with van der Waals surface area (Å²) in [5, 5.41) is 2.87. The molecule has 1 atom stereocenters. The summed E-state index contributed by atoms with van der Waals surface area (Å²) in [5.41, 5.74) is 0. The first kappa shape index (κ1) is 19.5. The van der Waals surface area contributed by atoms with Crippen molar-refractivity contribution in [3.05, 3.63) is 0 Å². The fourth-order valence-electron chi connectivity index (χ4n) is 2.89. The van der Waals surface area contributed by atoms with E-state index in [1.54, 1.807) is 4.90 Å². The molecule has 1 fully saturated rings. The molecule has 132 valence electrons. The van der Waals surface area contributed by atoms with Gasteiger partial charge in [0.05, 0.1) is 0 Å². The minimum atomic E-state index is -0.0475. The lowest BCUT2D eigenvalue weighted by molar-refractivity contribution is -0.136. The zero-order chi connectivity index (χ0) is 17.2. The molecule has 0 radical (unpaired) electrons. The highest BCUT2D eigenvalue weighted by Gasteiger charge is 2.23. The van der Waals surface area contributed by atoms with Crippen LogP contribution in [0.3, 0.4) is 0 Å². The minimum Gasteiger partial charge on any atom is -0.354 e. The SMILES string of the molecule is CCN(CC)C(=O)CCCC(=O)NC[C@@H](C)N1CCCCC1=O. The lowest BCUT2D eigenvalue weighted by Gasteiger charge is -2.32. The van der Waals surface area contributed by atoms with E-state index in [-0.39, 0.29) is 23.8 Å². The molecule has 0 bridgehead atoms. The molecule has 0 saturated carbocycles. The monoisotopic (exact) mass is 325 g/mol. The Morgan fingerprint density at radius 1 is 1.22 bits per heavy atom. The molecule has 1 rings (SSSR count). The summed E-state index contributed by atoms with van der Waals surface area (Å²) >= 11 is 0. The van der Waals surface area contributed by atoms with Crippen LogP contribution in [0, 0.1) is 0 Å². The normalized spacial score (nSPS) is 16.1. The topological polar surface area (TPSA) is 69.7 Å². The number of carbonyl (C=O) groups excluding carboxylic acids is 3. The van der Waals surface area contributed by atoms with E-state index in [1.807, 2.05) is 25.7 Å². The van der Waals surface area contributed by atoms with Crippen LogP contribution in [0.15, 0.2) is 0 Å². The Labute approximate surface area is 139 Å². The van der Waals surface area contributed by atoms with E-state index in [9.17, 15) is 14.4 Å². The Balaban J connectivity index is 2.21. The summed E-state index contributed by atoms with van der Waals surface area (Å²) in [7, 11) is 0. The van der Waals surface area contributed by atoms with Gasteiger partial charge in [0.1, 0.15) is 0 Å². The molecule has 1 heterocycles. The minimum absolute atomic E-state index is 0.0315. The largest absolute Gasteiger partial charge is 0.354 e. The molecule has 6 nitrogen and oxygen atoms in total. The number of hydrogen-bond acceptors (Lipinski definition) is 3. The molecule has 0 unspecified atom stereocenters. The smallest absolute Gasteiger partial charge is 0.222 e. The molecule has 1 aliphatic heterocycles. The molecule has 0 aliphatic carbocycles. The van der Waals surface area contributed by atoms with Crippen LogP contribution in [0.4, 0.5) is 0 Å². The average Bonchev–Trinajstić information content (AvgIpc) is 2.54. The summed E-state index contributed by atoms with van der Waals surface area (Å²) in [4.78, 5) is 39.2. The van der Waals surface area contributed by atoms with Gasteiger partial charge in [0, 0.05) is 51.5 Å². The number of rotatable bonds is 9. The zero-order valence-electron chi connectivity index (χ0n) is 14.8. The van der Waals surface area contributed by atoms with Crippen molar-refractivity contribution < 1.29 is 14.4 Å². The van der Waals surface area contributed by atoms with Crippen molar-refractivity contribution in [3.63, 3.8) is 0 Å². The lowest BCUT2D eigenvalue weighted by Crippen LogP contribution is -2.47. The first-order chi connectivity index (χ1) is 11.0. The quantitative estimate of drug-likeness (QED) is 0.699. The van der Waals surface area contributed by atoms with E-state index in [0.29, 0.717) is 45.3 Å². The predicted molar refractivity (Wildman–Crippen MR) is 89.8 cm³/mol. The van der Waals surface area contributed by atoms with E-state index in [2.05, 4.69) is 5.32 Å². The van der Waals surface area contributed by atoms with Crippen molar-refractivity contribution in [1.82, 2.24) is 15.1 Å². The number of nitrogens with zero attached hydrogens (tertiary/aromatic N) is 2. The number of likely N-dealkylation sites (tertiary alicyclic amines) is 1. The standard InChI is InChI=1S/C17H31N3O3/c1-4-19(5-2)16(22)11-8-9-15(21)18-13-14(3)20-12-7-6-10-17(20)23/h14H,4-13H2,1-3H3,(H,18,21)/t14-/m1/s1. The van der Waals surface area contributed by atoms with Crippen LogP contribution in [-0.4, -0.2) is 59.7 Å². The molecule has 0 spiro atoms. The molecular weight excluding hydrogens is 294 g/mol. The average molecular weight is 325 g/mol. The van der Waals surface area contributed by atoms with Crippen molar-refractivity contribution in [1.29, 1.82) is 0 Å². The fraction of sp³-hybridized carbons (Fsp3) is 0.824. The highest BCUT2D eigenvalue weighted by atomic mass is 16.2. The van der Waals surface area contributed by atoms with Crippen molar-refractivity contribution in [2.24, 2.45) is 0 Å². The van der Waals surface area contributed by atoms with Gasteiger partial charge in [0.2, 0.25) is 17.7 Å². The van der Waals surface area contributed by atoms with Gasteiger partial charge in [-0.25, -0.2) is 0 Å². The van der Waals surface area contributed by atoms with E-state index < -0.39 is 0 Å². The maximum atomic E-state index is 11.9. The summed E-state index contributed by atoms with van der Waals surface area (Å²) < 4.78 is 0. The Kier molecular flexibility index (Phi) is 8.66. The summed E-state index contributed by atoms with van der Waals surface area (Å²) in [6, 6.07) is 0.0315. The maximum absolute atomic E-state index is 11.9. The Bertz CT molecular complexity index is 408. The second-order valence-corrected chi connectivity index (χ2v) is 6.12. The van der Waals surface area contributed by atoms with Crippen molar-refractivity contribution in [2.75, 3.05) is 26.2 Å². The van der Waals surface area contributed by atoms with Crippen molar-refractivity contribution >= 4 is 17.7 Å². The van der Waals surface area contributed by atoms with Crippen molar-refractivity contribution in [2.45, 2.75) is 65.3 Å². The third-order valence-corrected chi connectivity index (χ3v) is 4.40. The predicted octanol–water partition coefficient (Wildman–Crippen LogP) is 1.54. The molecule has 23 heavy (non-hydrogen) atoms. The highest BCUT2D eigenvalue weighted by molar-refractivity contribution is 5.79. The number of piperidine rings is 1. The lowest BCUT2D eigenvalue weighted by atomic mass is 10.1. The van der Waals surface area contributed by atoms with Crippen LogP contribution in [0.5, 0.6) is 0 Å². The Hall–Kier alpha value is -1.59. The Morgan fingerprint density at radius 2 is 1.91 bits per heavy atom. The maximum Gasteiger partial charge on any atom is 0.222 e. The third-order valence-electron chi connectivity index (χ3n) is 4.40. The van der Waals surface area contributed by atoms with Crippen LogP contribution in [0.1, 0.15) is 59.3 Å². The molecule has 1 N–H and O–H groups in total. The summed E-state index contributed by atoms with van der Waals surface area (Å²) in [5.74, 6) is 0.242. The van der Waals surface area contributed by atoms with Gasteiger partial charge in [-0.05, 0) is 40.0 Å². The van der Waals surface area contributed by atoms with Gasteiger partial charge in [0.15, 0.2) is 0 Å². The third kappa shape index (κ3) is 6.59. The fourth-order valence-corrected chi connectivity index (χ4v) is 2.89.